The number of esters is 1. The topological polar surface area (TPSA) is 117 Å². The maximum atomic E-state index is 12.9. The van der Waals surface area contributed by atoms with Crippen LogP contribution in [0.4, 0.5) is 0 Å². The fourth-order valence-electron chi connectivity index (χ4n) is 3.67. The van der Waals surface area contributed by atoms with Gasteiger partial charge < -0.3 is 29.9 Å². The van der Waals surface area contributed by atoms with Crippen LogP contribution in [0.2, 0.25) is 0 Å². The SMILES string of the molecule is C=C(C)C(=O)NCCCN(C)C/C=C(/C/C=C(/C)C(=O)NCOCC(C)C)C(=O)OCCCN1CCCC1=O. The van der Waals surface area contributed by atoms with Gasteiger partial charge in [0.2, 0.25) is 17.7 Å². The molecule has 0 bridgehead atoms. The van der Waals surface area contributed by atoms with Gasteiger partial charge in [-0.3, -0.25) is 14.4 Å². The van der Waals surface area contributed by atoms with E-state index in [1.807, 2.05) is 31.9 Å². The third-order valence-electron chi connectivity index (χ3n) is 6.05. The first-order valence-electron chi connectivity index (χ1n) is 13.8. The van der Waals surface area contributed by atoms with Crippen LogP contribution in [-0.2, 0) is 28.7 Å². The molecule has 10 heteroatoms. The molecular weight excluding hydrogens is 500 g/mol. The first kappa shape index (κ1) is 34.0. The third kappa shape index (κ3) is 15.3. The van der Waals surface area contributed by atoms with Crippen LogP contribution in [0.5, 0.6) is 0 Å². The van der Waals surface area contributed by atoms with Crippen molar-refractivity contribution in [1.29, 1.82) is 0 Å². The number of nitrogens with zero attached hydrogens (tertiary/aromatic N) is 2. The van der Waals surface area contributed by atoms with E-state index in [4.69, 9.17) is 9.47 Å². The molecule has 0 saturated carbocycles. The number of amides is 3. The van der Waals surface area contributed by atoms with E-state index in [0.717, 1.165) is 19.4 Å². The number of allylic oxidation sites excluding steroid dienone is 1. The smallest absolute Gasteiger partial charge is 0.334 e. The summed E-state index contributed by atoms with van der Waals surface area (Å²) in [5, 5.41) is 5.52. The van der Waals surface area contributed by atoms with Gasteiger partial charge in [0.1, 0.15) is 6.73 Å². The molecule has 1 saturated heterocycles. The number of likely N-dealkylation sites (tertiary alicyclic amines) is 1. The molecule has 0 unspecified atom stereocenters. The zero-order valence-electron chi connectivity index (χ0n) is 24.5. The van der Waals surface area contributed by atoms with E-state index in [-0.39, 0.29) is 37.5 Å². The van der Waals surface area contributed by atoms with Crippen LogP contribution in [0.3, 0.4) is 0 Å². The van der Waals surface area contributed by atoms with Crippen molar-refractivity contribution in [2.45, 2.75) is 59.8 Å². The van der Waals surface area contributed by atoms with Crippen molar-refractivity contribution in [2.24, 2.45) is 5.92 Å². The summed E-state index contributed by atoms with van der Waals surface area (Å²) in [5.74, 6) is -0.321. The number of ether oxygens (including phenoxy) is 2. The van der Waals surface area contributed by atoms with Crippen LogP contribution in [0.1, 0.15) is 59.8 Å². The second-order valence-electron chi connectivity index (χ2n) is 10.4. The molecule has 1 heterocycles. The highest BCUT2D eigenvalue weighted by Crippen LogP contribution is 2.12. The van der Waals surface area contributed by atoms with E-state index >= 15 is 0 Å². The Labute approximate surface area is 233 Å². The monoisotopic (exact) mass is 548 g/mol. The molecule has 0 aromatic rings. The molecule has 220 valence electrons. The summed E-state index contributed by atoms with van der Waals surface area (Å²) in [6.07, 6.45) is 6.56. The largest absolute Gasteiger partial charge is 0.462 e. The molecule has 2 N–H and O–H groups in total. The van der Waals surface area contributed by atoms with E-state index in [1.165, 1.54) is 0 Å². The van der Waals surface area contributed by atoms with Gasteiger partial charge in [-0.05, 0) is 59.0 Å². The van der Waals surface area contributed by atoms with Gasteiger partial charge in [-0.1, -0.05) is 32.6 Å². The molecule has 1 aliphatic heterocycles. The lowest BCUT2D eigenvalue weighted by molar-refractivity contribution is -0.139. The predicted octanol–water partition coefficient (Wildman–Crippen LogP) is 2.57. The molecule has 1 fully saturated rings. The molecule has 39 heavy (non-hydrogen) atoms. The maximum Gasteiger partial charge on any atom is 0.334 e. The van der Waals surface area contributed by atoms with E-state index in [2.05, 4.69) is 17.2 Å². The fraction of sp³-hybridized carbons (Fsp3) is 0.655. The number of hydrogen-bond donors (Lipinski definition) is 2. The Kier molecular flexibility index (Phi) is 16.7. The number of carbonyl (C=O) groups is 4. The molecule has 0 aromatic heterocycles. The van der Waals surface area contributed by atoms with Gasteiger partial charge in [0.25, 0.3) is 0 Å². The van der Waals surface area contributed by atoms with E-state index < -0.39 is 5.97 Å². The fourth-order valence-corrected chi connectivity index (χ4v) is 3.67. The van der Waals surface area contributed by atoms with Crippen molar-refractivity contribution in [3.05, 3.63) is 35.5 Å². The second kappa shape index (κ2) is 19.1. The average Bonchev–Trinajstić information content (AvgIpc) is 3.30. The molecular formula is C29H48N4O6. The molecule has 1 aliphatic rings. The molecule has 0 radical (unpaired) electrons. The van der Waals surface area contributed by atoms with Crippen molar-refractivity contribution in [3.8, 4) is 0 Å². The van der Waals surface area contributed by atoms with Gasteiger partial charge in [0, 0.05) is 49.3 Å². The van der Waals surface area contributed by atoms with Gasteiger partial charge >= 0.3 is 5.97 Å². The highest BCUT2D eigenvalue weighted by atomic mass is 16.5. The molecule has 0 spiro atoms. The highest BCUT2D eigenvalue weighted by molar-refractivity contribution is 5.93. The molecule has 0 aromatic carbocycles. The lowest BCUT2D eigenvalue weighted by Gasteiger charge is -2.16. The maximum absolute atomic E-state index is 12.9. The van der Waals surface area contributed by atoms with E-state index in [1.54, 1.807) is 24.8 Å². The number of carbonyl (C=O) groups excluding carboxylic acids is 4. The summed E-state index contributed by atoms with van der Waals surface area (Å²) in [4.78, 5) is 52.5. The summed E-state index contributed by atoms with van der Waals surface area (Å²) in [5.41, 5.74) is 1.41. The summed E-state index contributed by atoms with van der Waals surface area (Å²) >= 11 is 0. The van der Waals surface area contributed by atoms with Crippen LogP contribution in [0.25, 0.3) is 0 Å². The zero-order chi connectivity index (χ0) is 29.2. The van der Waals surface area contributed by atoms with Crippen LogP contribution < -0.4 is 10.6 Å². The van der Waals surface area contributed by atoms with Crippen LogP contribution in [0, 0.1) is 5.92 Å². The Bertz CT molecular complexity index is 896. The number of likely N-dealkylation sites (N-methyl/N-ethyl adjacent to an activating group) is 1. The molecule has 10 nitrogen and oxygen atoms in total. The van der Waals surface area contributed by atoms with Gasteiger partial charge in [0.15, 0.2) is 0 Å². The number of hydrogen-bond acceptors (Lipinski definition) is 7. The first-order chi connectivity index (χ1) is 18.5. The van der Waals surface area contributed by atoms with E-state index in [0.29, 0.717) is 68.3 Å². The second-order valence-corrected chi connectivity index (χ2v) is 10.4. The number of nitrogens with one attached hydrogen (secondary N) is 2. The van der Waals surface area contributed by atoms with Crippen molar-refractivity contribution in [2.75, 3.05) is 59.7 Å². The molecule has 0 aliphatic carbocycles. The van der Waals surface area contributed by atoms with Crippen molar-refractivity contribution in [3.63, 3.8) is 0 Å². The summed E-state index contributed by atoms with van der Waals surface area (Å²) in [6.45, 7) is 15.0. The Morgan fingerprint density at radius 1 is 1.13 bits per heavy atom. The summed E-state index contributed by atoms with van der Waals surface area (Å²) in [6, 6.07) is 0. The average molecular weight is 549 g/mol. The van der Waals surface area contributed by atoms with Crippen molar-refractivity contribution < 1.29 is 28.7 Å². The Balaban J connectivity index is 2.65. The molecule has 0 atom stereocenters. The van der Waals surface area contributed by atoms with Crippen LogP contribution in [-0.4, -0.2) is 93.2 Å². The molecule has 1 rings (SSSR count). The van der Waals surface area contributed by atoms with Crippen molar-refractivity contribution in [1.82, 2.24) is 20.4 Å². The van der Waals surface area contributed by atoms with Crippen molar-refractivity contribution >= 4 is 23.7 Å². The van der Waals surface area contributed by atoms with E-state index in [9.17, 15) is 19.2 Å². The van der Waals surface area contributed by atoms with Gasteiger partial charge in [-0.15, -0.1) is 0 Å². The van der Waals surface area contributed by atoms with Gasteiger partial charge in [-0.2, -0.15) is 0 Å². The Morgan fingerprint density at radius 3 is 2.51 bits per heavy atom. The van der Waals surface area contributed by atoms with Gasteiger partial charge in [0.05, 0.1) is 13.2 Å². The third-order valence-corrected chi connectivity index (χ3v) is 6.05. The summed E-state index contributed by atoms with van der Waals surface area (Å²) < 4.78 is 10.9. The minimum atomic E-state index is -0.436. The zero-order valence-corrected chi connectivity index (χ0v) is 24.5. The van der Waals surface area contributed by atoms with Crippen LogP contribution >= 0.6 is 0 Å². The normalized spacial score (nSPS) is 14.2. The van der Waals surface area contributed by atoms with Crippen LogP contribution in [0.15, 0.2) is 35.5 Å². The standard InChI is InChI=1S/C29H48N4O6/c1-22(2)20-38-21-31-28(36)24(5)11-12-25(13-18-32(6)15-8-14-30-27(35)23(3)4)29(37)39-19-9-17-33-16-7-10-26(33)34/h11,13,22H,3,7-10,12,14-21H2,1-2,4-6H3,(H,30,35)(H,31,36)/b24-11-,25-13-. The minimum absolute atomic E-state index is 0.129. The number of rotatable bonds is 19. The Hall–Kier alpha value is -2.98. The molecule has 3 amide bonds. The highest BCUT2D eigenvalue weighted by Gasteiger charge is 2.19. The lowest BCUT2D eigenvalue weighted by atomic mass is 10.1. The summed E-state index contributed by atoms with van der Waals surface area (Å²) in [7, 11) is 1.93. The van der Waals surface area contributed by atoms with Gasteiger partial charge in [-0.25, -0.2) is 4.79 Å². The predicted molar refractivity (Wildman–Crippen MR) is 152 cm³/mol. The first-order valence-corrected chi connectivity index (χ1v) is 13.8. The minimum Gasteiger partial charge on any atom is -0.462 e. The lowest BCUT2D eigenvalue weighted by Crippen LogP contribution is -2.28. The Morgan fingerprint density at radius 2 is 1.87 bits per heavy atom. The quantitative estimate of drug-likeness (QED) is 0.110.